The minimum atomic E-state index is 0.790. The lowest BCUT2D eigenvalue weighted by molar-refractivity contribution is 0.317. The van der Waals surface area contributed by atoms with E-state index in [1.54, 1.807) is 11.5 Å². The summed E-state index contributed by atoms with van der Waals surface area (Å²) in [6.07, 6.45) is 3.05. The van der Waals surface area contributed by atoms with Crippen LogP contribution in [0.5, 0.6) is 5.75 Å². The van der Waals surface area contributed by atoms with E-state index in [9.17, 15) is 0 Å². The van der Waals surface area contributed by atoms with Gasteiger partial charge in [0.25, 0.3) is 0 Å². The number of hydrogen-bond acceptors (Lipinski definition) is 2. The van der Waals surface area contributed by atoms with Crippen LogP contribution in [-0.2, 0) is 0 Å². The zero-order chi connectivity index (χ0) is 9.80. The number of ether oxygens (including phenoxy) is 1. The molecule has 2 aromatic rings. The lowest BCUT2D eigenvalue weighted by Crippen LogP contribution is -1.94. The molecule has 1 N–H and O–H groups in total. The van der Waals surface area contributed by atoms with Gasteiger partial charge in [-0.05, 0) is 36.2 Å². The van der Waals surface area contributed by atoms with E-state index in [1.807, 2.05) is 18.3 Å². The highest BCUT2D eigenvalue weighted by Gasteiger charge is 2.00. The molecule has 1 heterocycles. The van der Waals surface area contributed by atoms with Crippen molar-refractivity contribution in [3.63, 3.8) is 0 Å². The third kappa shape index (κ3) is 1.99. The Morgan fingerprint density at radius 3 is 2.50 bits per heavy atom. The number of rotatable bonds is 4. The van der Waals surface area contributed by atoms with Crippen LogP contribution in [0.3, 0.4) is 0 Å². The molecule has 0 spiro atoms. The smallest absolute Gasteiger partial charge is 0.119 e. The summed E-state index contributed by atoms with van der Waals surface area (Å²) in [5.74, 6) is 0.952. The number of H-pyrrole nitrogens is 1. The Kier molecular flexibility index (Phi) is 2.89. The van der Waals surface area contributed by atoms with Crippen LogP contribution in [0, 0.1) is 0 Å². The van der Waals surface area contributed by atoms with Crippen molar-refractivity contribution in [2.24, 2.45) is 0 Å². The Morgan fingerprint density at radius 1 is 1.29 bits per heavy atom. The van der Waals surface area contributed by atoms with E-state index in [0.717, 1.165) is 18.8 Å². The third-order valence-corrected chi connectivity index (χ3v) is 2.78. The maximum atomic E-state index is 5.50. The molecule has 0 aliphatic rings. The summed E-state index contributed by atoms with van der Waals surface area (Å²) in [5, 5.41) is 0. The number of aromatic amines is 1. The quantitative estimate of drug-likeness (QED) is 0.815. The van der Waals surface area contributed by atoms with E-state index in [4.69, 9.17) is 4.74 Å². The molecule has 0 radical (unpaired) electrons. The molecule has 0 atom stereocenters. The molecule has 0 saturated carbocycles. The fourth-order valence-electron chi connectivity index (χ4n) is 1.20. The van der Waals surface area contributed by atoms with Gasteiger partial charge in [-0.2, -0.15) is 0 Å². The summed E-state index contributed by atoms with van der Waals surface area (Å²) in [5.41, 5.74) is 1.25. The molecule has 2 rings (SSSR count). The molecule has 0 bridgehead atoms. The van der Waals surface area contributed by atoms with Crippen molar-refractivity contribution in [1.82, 2.24) is 4.37 Å². The Bertz CT molecular complexity index is 365. The molecule has 1 aromatic carbocycles. The minimum absolute atomic E-state index is 0.790. The molecule has 2 nitrogen and oxygen atoms in total. The van der Waals surface area contributed by atoms with Crippen molar-refractivity contribution < 1.29 is 4.74 Å². The lowest BCUT2D eigenvalue weighted by atomic mass is 10.2. The highest BCUT2D eigenvalue weighted by atomic mass is 32.1. The summed E-state index contributed by atoms with van der Waals surface area (Å²) in [6.45, 7) is 2.90. The Hall–Kier alpha value is -1.22. The lowest BCUT2D eigenvalue weighted by Gasteiger charge is -2.06. The maximum absolute atomic E-state index is 5.50. The molecular weight excluding hydrogens is 194 g/mol. The second-order valence-electron chi connectivity index (χ2n) is 3.10. The number of hydrogen-bond donors (Lipinski definition) is 1. The molecule has 1 aromatic heterocycles. The van der Waals surface area contributed by atoms with E-state index >= 15 is 0 Å². The summed E-state index contributed by atoms with van der Waals surface area (Å²) < 4.78 is 8.53. The SMILES string of the molecule is CCCOc1ccc(-c2c[nH]s2)cc1. The van der Waals surface area contributed by atoms with Gasteiger partial charge in [-0.15, -0.1) is 0 Å². The first-order chi connectivity index (χ1) is 6.90. The molecular formula is C11H13NOS. The Morgan fingerprint density at radius 2 is 2.00 bits per heavy atom. The van der Waals surface area contributed by atoms with Gasteiger partial charge in [0.1, 0.15) is 5.75 Å². The molecule has 3 heteroatoms. The molecule has 0 saturated heterocycles. The molecule has 74 valence electrons. The molecule has 0 aliphatic heterocycles. The van der Waals surface area contributed by atoms with Gasteiger partial charge < -0.3 is 9.11 Å². The summed E-state index contributed by atoms with van der Waals surface area (Å²) in [7, 11) is 0. The van der Waals surface area contributed by atoms with Crippen LogP contribution in [0.15, 0.2) is 30.5 Å². The van der Waals surface area contributed by atoms with Crippen molar-refractivity contribution in [1.29, 1.82) is 0 Å². The molecule has 14 heavy (non-hydrogen) atoms. The third-order valence-electron chi connectivity index (χ3n) is 1.97. The van der Waals surface area contributed by atoms with Gasteiger partial charge in [-0.3, -0.25) is 0 Å². The topological polar surface area (TPSA) is 25.0 Å². The minimum Gasteiger partial charge on any atom is -0.494 e. The van der Waals surface area contributed by atoms with Gasteiger partial charge >= 0.3 is 0 Å². The standard InChI is InChI=1S/C11H13NOS/c1-2-7-13-10-5-3-9(4-6-10)11-8-12-14-11/h3-6,8,12H,2,7H2,1H3. The van der Waals surface area contributed by atoms with Crippen LogP contribution in [0.2, 0.25) is 0 Å². The Labute approximate surface area is 87.7 Å². The maximum Gasteiger partial charge on any atom is 0.119 e. The zero-order valence-electron chi connectivity index (χ0n) is 8.12. The average Bonchev–Trinajstić information content (AvgIpc) is 2.14. The van der Waals surface area contributed by atoms with Crippen LogP contribution in [0.1, 0.15) is 13.3 Å². The zero-order valence-corrected chi connectivity index (χ0v) is 8.93. The molecule has 0 aliphatic carbocycles. The van der Waals surface area contributed by atoms with Gasteiger partial charge in [0.05, 0.1) is 11.5 Å². The number of aromatic nitrogens is 1. The van der Waals surface area contributed by atoms with E-state index in [2.05, 4.69) is 23.4 Å². The molecule has 0 fully saturated rings. The van der Waals surface area contributed by atoms with E-state index < -0.39 is 0 Å². The van der Waals surface area contributed by atoms with Crippen LogP contribution in [0.4, 0.5) is 0 Å². The highest BCUT2D eigenvalue weighted by Crippen LogP contribution is 2.26. The Balaban J connectivity index is 2.05. The largest absolute Gasteiger partial charge is 0.494 e. The predicted octanol–water partition coefficient (Wildman–Crippen LogP) is 3.53. The second-order valence-corrected chi connectivity index (χ2v) is 3.98. The first-order valence-electron chi connectivity index (χ1n) is 4.76. The highest BCUT2D eigenvalue weighted by molar-refractivity contribution is 7.10. The predicted molar refractivity (Wildman–Crippen MR) is 59.9 cm³/mol. The molecule has 0 amide bonds. The average molecular weight is 207 g/mol. The van der Waals surface area contributed by atoms with Crippen LogP contribution >= 0.6 is 11.5 Å². The van der Waals surface area contributed by atoms with E-state index in [1.165, 1.54) is 10.4 Å². The summed E-state index contributed by atoms with van der Waals surface area (Å²) in [4.78, 5) is 1.28. The van der Waals surface area contributed by atoms with E-state index in [-0.39, 0.29) is 0 Å². The van der Waals surface area contributed by atoms with Gasteiger partial charge in [0.2, 0.25) is 0 Å². The second kappa shape index (κ2) is 4.33. The summed E-state index contributed by atoms with van der Waals surface area (Å²) in [6, 6.07) is 8.21. The van der Waals surface area contributed by atoms with Gasteiger partial charge in [0.15, 0.2) is 0 Å². The van der Waals surface area contributed by atoms with Crippen LogP contribution in [0.25, 0.3) is 10.4 Å². The first-order valence-corrected chi connectivity index (χ1v) is 5.57. The van der Waals surface area contributed by atoms with Crippen molar-refractivity contribution >= 4 is 11.5 Å². The normalized spacial score (nSPS) is 10.4. The van der Waals surface area contributed by atoms with Gasteiger partial charge in [-0.1, -0.05) is 18.5 Å². The van der Waals surface area contributed by atoms with Crippen LogP contribution in [-0.4, -0.2) is 11.0 Å². The van der Waals surface area contributed by atoms with Crippen molar-refractivity contribution in [3.8, 4) is 16.2 Å². The molecule has 0 unspecified atom stereocenters. The first kappa shape index (κ1) is 9.34. The van der Waals surface area contributed by atoms with E-state index in [0.29, 0.717) is 0 Å². The van der Waals surface area contributed by atoms with Gasteiger partial charge in [0, 0.05) is 6.20 Å². The van der Waals surface area contributed by atoms with Gasteiger partial charge in [-0.25, -0.2) is 0 Å². The number of benzene rings is 1. The monoisotopic (exact) mass is 207 g/mol. The van der Waals surface area contributed by atoms with Crippen molar-refractivity contribution in [3.05, 3.63) is 30.5 Å². The fourth-order valence-corrected chi connectivity index (χ4v) is 1.69. The number of nitrogens with one attached hydrogen (secondary N) is 1. The van der Waals surface area contributed by atoms with Crippen LogP contribution < -0.4 is 4.74 Å². The fraction of sp³-hybridized carbons (Fsp3) is 0.273. The summed E-state index contributed by atoms with van der Waals surface area (Å²) >= 11 is 1.65. The van der Waals surface area contributed by atoms with Crippen molar-refractivity contribution in [2.45, 2.75) is 13.3 Å². The van der Waals surface area contributed by atoms with Crippen molar-refractivity contribution in [2.75, 3.05) is 6.61 Å².